The lowest BCUT2D eigenvalue weighted by atomic mass is 10.2. The summed E-state index contributed by atoms with van der Waals surface area (Å²) >= 11 is 8.55. The fourth-order valence-electron chi connectivity index (χ4n) is 1.07. The summed E-state index contributed by atoms with van der Waals surface area (Å²) in [6.07, 6.45) is 3.71. The maximum absolute atomic E-state index is 5.12. The van der Waals surface area contributed by atoms with Crippen molar-refractivity contribution >= 4 is 29.2 Å². The van der Waals surface area contributed by atoms with Gasteiger partial charge in [0.25, 0.3) is 0 Å². The normalized spacial score (nSPS) is 20.5. The minimum absolute atomic E-state index is 0.321. The smallest absolute Gasteiger partial charge is 0.241 e. The largest absolute Gasteiger partial charge is 0.387 e. The predicted molar refractivity (Wildman–Crippen MR) is 48.1 cm³/mol. The molecule has 0 aromatic rings. The highest BCUT2D eigenvalue weighted by atomic mass is 32.1. The first-order valence-corrected chi connectivity index (χ1v) is 4.30. The van der Waals surface area contributed by atoms with Gasteiger partial charge in [-0.15, -0.1) is 5.06 Å². The summed E-state index contributed by atoms with van der Waals surface area (Å²) < 4.78 is 0.321. The topological polar surface area (TPSA) is 12.5 Å². The van der Waals surface area contributed by atoms with Gasteiger partial charge in [0.05, 0.1) is 0 Å². The van der Waals surface area contributed by atoms with Crippen LogP contribution in [0.1, 0.15) is 19.3 Å². The SMILES string of the molecule is S=C(S)ON1CCCCC1. The van der Waals surface area contributed by atoms with E-state index in [1.54, 1.807) is 0 Å². The lowest BCUT2D eigenvalue weighted by molar-refractivity contribution is -0.0788. The van der Waals surface area contributed by atoms with Gasteiger partial charge in [-0.1, -0.05) is 19.0 Å². The molecule has 4 heteroatoms. The first-order valence-electron chi connectivity index (χ1n) is 3.45. The quantitative estimate of drug-likeness (QED) is 0.483. The second kappa shape index (κ2) is 4.16. The van der Waals surface area contributed by atoms with Gasteiger partial charge >= 0.3 is 0 Å². The third-order valence-corrected chi connectivity index (χ3v) is 1.68. The summed E-state index contributed by atoms with van der Waals surface area (Å²) in [7, 11) is 0. The zero-order chi connectivity index (χ0) is 7.40. The summed E-state index contributed by atoms with van der Waals surface area (Å²) in [4.78, 5) is 5.12. The van der Waals surface area contributed by atoms with Crippen LogP contribution in [0.2, 0.25) is 0 Å². The molecule has 0 aliphatic carbocycles. The van der Waals surface area contributed by atoms with E-state index in [-0.39, 0.29) is 0 Å². The molecule has 58 valence electrons. The van der Waals surface area contributed by atoms with E-state index in [2.05, 4.69) is 24.8 Å². The lowest BCUT2D eigenvalue weighted by Crippen LogP contribution is -2.30. The molecule has 0 radical (unpaired) electrons. The molecular weight excluding hydrogens is 166 g/mol. The zero-order valence-corrected chi connectivity index (χ0v) is 7.46. The Balaban J connectivity index is 2.19. The summed E-state index contributed by atoms with van der Waals surface area (Å²) in [6, 6.07) is 0. The maximum atomic E-state index is 5.12. The van der Waals surface area contributed by atoms with Crippen LogP contribution in [0.5, 0.6) is 0 Å². The molecule has 0 saturated carbocycles. The van der Waals surface area contributed by atoms with Crippen molar-refractivity contribution in [1.29, 1.82) is 0 Å². The first kappa shape index (κ1) is 8.30. The highest BCUT2D eigenvalue weighted by Gasteiger charge is 2.10. The van der Waals surface area contributed by atoms with Crippen LogP contribution < -0.4 is 0 Å². The van der Waals surface area contributed by atoms with E-state index < -0.39 is 0 Å². The molecule has 0 bridgehead atoms. The van der Waals surface area contributed by atoms with Crippen molar-refractivity contribution in [3.05, 3.63) is 0 Å². The van der Waals surface area contributed by atoms with E-state index in [4.69, 9.17) is 4.84 Å². The Morgan fingerprint density at radius 2 is 1.90 bits per heavy atom. The third kappa shape index (κ3) is 2.86. The van der Waals surface area contributed by atoms with Gasteiger partial charge in [0, 0.05) is 13.1 Å². The Hall–Kier alpha value is 0.200. The lowest BCUT2D eigenvalue weighted by Gasteiger charge is -2.24. The number of hydrogen-bond donors (Lipinski definition) is 1. The predicted octanol–water partition coefficient (Wildman–Crippen LogP) is 1.62. The van der Waals surface area contributed by atoms with Crippen molar-refractivity contribution in [1.82, 2.24) is 5.06 Å². The number of hydrogen-bond acceptors (Lipinski definition) is 3. The first-order chi connectivity index (χ1) is 4.79. The minimum atomic E-state index is 0.321. The number of piperidine rings is 1. The van der Waals surface area contributed by atoms with Crippen LogP contribution in [-0.2, 0) is 4.84 Å². The molecule has 0 unspecified atom stereocenters. The summed E-state index contributed by atoms with van der Waals surface area (Å²) in [5.74, 6) is 0. The molecule has 1 aliphatic heterocycles. The van der Waals surface area contributed by atoms with E-state index in [1.165, 1.54) is 19.3 Å². The Bertz CT molecular complexity index is 123. The Kier molecular flexibility index (Phi) is 3.45. The zero-order valence-electron chi connectivity index (χ0n) is 5.75. The average molecular weight is 177 g/mol. The van der Waals surface area contributed by atoms with Crippen LogP contribution in [-0.4, -0.2) is 22.5 Å². The van der Waals surface area contributed by atoms with Crippen LogP contribution in [0.15, 0.2) is 0 Å². The van der Waals surface area contributed by atoms with Crippen molar-refractivity contribution in [2.24, 2.45) is 0 Å². The van der Waals surface area contributed by atoms with Crippen molar-refractivity contribution in [2.45, 2.75) is 19.3 Å². The van der Waals surface area contributed by atoms with Crippen LogP contribution in [0, 0.1) is 0 Å². The van der Waals surface area contributed by atoms with Crippen LogP contribution >= 0.6 is 24.8 Å². The molecule has 1 heterocycles. The fraction of sp³-hybridized carbons (Fsp3) is 0.833. The van der Waals surface area contributed by atoms with Crippen molar-refractivity contribution in [3.8, 4) is 0 Å². The average Bonchev–Trinajstić information content (AvgIpc) is 1.88. The maximum Gasteiger partial charge on any atom is 0.241 e. The molecule has 0 N–H and O–H groups in total. The Morgan fingerprint density at radius 1 is 1.30 bits per heavy atom. The van der Waals surface area contributed by atoms with Gasteiger partial charge in [0.2, 0.25) is 4.38 Å². The van der Waals surface area contributed by atoms with Crippen LogP contribution in [0.25, 0.3) is 0 Å². The molecule has 2 nitrogen and oxygen atoms in total. The molecule has 1 saturated heterocycles. The van der Waals surface area contributed by atoms with Gasteiger partial charge < -0.3 is 4.84 Å². The second-order valence-corrected chi connectivity index (χ2v) is 3.43. The van der Waals surface area contributed by atoms with Gasteiger partial charge in [-0.05, 0) is 25.1 Å². The minimum Gasteiger partial charge on any atom is -0.387 e. The van der Waals surface area contributed by atoms with E-state index in [0.29, 0.717) is 4.38 Å². The number of thiocarbonyl (C=S) groups is 1. The highest BCUT2D eigenvalue weighted by Crippen LogP contribution is 2.09. The number of thiol groups is 1. The molecule has 10 heavy (non-hydrogen) atoms. The summed E-state index contributed by atoms with van der Waals surface area (Å²) in [5, 5.41) is 1.87. The molecule has 0 spiro atoms. The van der Waals surface area contributed by atoms with Gasteiger partial charge in [-0.2, -0.15) is 0 Å². The molecule has 1 fully saturated rings. The molecule has 1 aliphatic rings. The number of nitrogens with zero attached hydrogens (tertiary/aromatic N) is 1. The van der Waals surface area contributed by atoms with Crippen LogP contribution in [0.4, 0.5) is 0 Å². The summed E-state index contributed by atoms with van der Waals surface area (Å²) in [6.45, 7) is 1.97. The van der Waals surface area contributed by atoms with Gasteiger partial charge in [-0.3, -0.25) is 0 Å². The summed E-state index contributed by atoms with van der Waals surface area (Å²) in [5.41, 5.74) is 0. The fourth-order valence-corrected chi connectivity index (χ4v) is 1.29. The standard InChI is InChI=1S/C6H11NOS2/c9-6(10)8-7-4-2-1-3-5-7/h1-5H2,(H,9,10). The Labute approximate surface area is 71.9 Å². The highest BCUT2D eigenvalue weighted by molar-refractivity contribution is 8.10. The van der Waals surface area contributed by atoms with Crippen molar-refractivity contribution in [3.63, 3.8) is 0 Å². The number of hydroxylamine groups is 2. The van der Waals surface area contributed by atoms with Gasteiger partial charge in [0.1, 0.15) is 0 Å². The molecular formula is C6H11NOS2. The van der Waals surface area contributed by atoms with Crippen molar-refractivity contribution in [2.75, 3.05) is 13.1 Å². The number of rotatable bonds is 1. The molecule has 1 rings (SSSR count). The van der Waals surface area contributed by atoms with Crippen molar-refractivity contribution < 1.29 is 4.84 Å². The molecule has 0 aromatic carbocycles. The second-order valence-electron chi connectivity index (χ2n) is 2.35. The molecule has 0 aromatic heterocycles. The van der Waals surface area contributed by atoms with E-state index >= 15 is 0 Å². The molecule has 0 atom stereocenters. The van der Waals surface area contributed by atoms with E-state index in [1.807, 2.05) is 5.06 Å². The van der Waals surface area contributed by atoms with Gasteiger partial charge in [0.15, 0.2) is 0 Å². The van der Waals surface area contributed by atoms with Crippen LogP contribution in [0.3, 0.4) is 0 Å². The monoisotopic (exact) mass is 177 g/mol. The molecule has 0 amide bonds. The Morgan fingerprint density at radius 3 is 2.40 bits per heavy atom. The van der Waals surface area contributed by atoms with E-state index in [0.717, 1.165) is 13.1 Å². The van der Waals surface area contributed by atoms with Gasteiger partial charge in [-0.25, -0.2) is 0 Å². The van der Waals surface area contributed by atoms with E-state index in [9.17, 15) is 0 Å². The third-order valence-electron chi connectivity index (χ3n) is 1.52.